The number of rotatable bonds is 10. The fourth-order valence-electron chi connectivity index (χ4n) is 4.16. The van der Waals surface area contributed by atoms with Gasteiger partial charge in [-0.25, -0.2) is 4.99 Å². The summed E-state index contributed by atoms with van der Waals surface area (Å²) in [6, 6.07) is 9.19. The summed E-state index contributed by atoms with van der Waals surface area (Å²) in [7, 11) is 0. The Morgan fingerprint density at radius 1 is 1.28 bits per heavy atom. The first-order chi connectivity index (χ1) is 15.5. The Bertz CT molecular complexity index is 908. The first kappa shape index (κ1) is 23.7. The number of hydrogen-bond acceptors (Lipinski definition) is 5. The average Bonchev–Trinajstić information content (AvgIpc) is 3.37. The second-order valence-electron chi connectivity index (χ2n) is 8.32. The van der Waals surface area contributed by atoms with Crippen molar-refractivity contribution in [3.63, 3.8) is 0 Å². The molecule has 2 aromatic rings. The first-order valence-electron chi connectivity index (χ1n) is 11.5. The molecule has 0 saturated carbocycles. The molecular weight excluding hydrogens is 406 g/mol. The normalized spacial score (nSPS) is 17.0. The lowest BCUT2D eigenvalue weighted by Gasteiger charge is -2.24. The number of likely N-dealkylation sites (tertiary alicyclic amines) is 1. The van der Waals surface area contributed by atoms with Crippen molar-refractivity contribution in [2.75, 3.05) is 26.2 Å². The van der Waals surface area contributed by atoms with Gasteiger partial charge < -0.3 is 10.6 Å². The smallest absolute Gasteiger partial charge is 0.269 e. The molecule has 1 unspecified atom stereocenters. The standard InChI is InChI=1S/C23H35N7O2/c1-4-28-13-5-7-22(28)17-26-23(24-12-6-14-29-19(3)15-18(2)27-29)25-16-20-8-10-21(11-9-20)30(31)32/h8-11,15,22H,4-7,12-14,16-17H2,1-3H3,(H2,24,25,26). The van der Waals surface area contributed by atoms with Crippen LogP contribution in [0.2, 0.25) is 0 Å². The minimum Gasteiger partial charge on any atom is -0.356 e. The molecule has 0 aliphatic carbocycles. The zero-order valence-corrected chi connectivity index (χ0v) is 19.4. The molecule has 2 N–H and O–H groups in total. The Kier molecular flexibility index (Phi) is 8.61. The number of non-ortho nitro benzene ring substituents is 1. The molecule has 0 bridgehead atoms. The van der Waals surface area contributed by atoms with Crippen molar-refractivity contribution >= 4 is 11.6 Å². The highest BCUT2D eigenvalue weighted by atomic mass is 16.6. The number of aromatic nitrogens is 2. The Morgan fingerprint density at radius 2 is 2.06 bits per heavy atom. The van der Waals surface area contributed by atoms with Gasteiger partial charge in [-0.05, 0) is 57.8 Å². The number of aliphatic imine (C=N–C) groups is 1. The molecule has 1 aliphatic heterocycles. The third-order valence-corrected chi connectivity index (χ3v) is 5.92. The predicted molar refractivity (Wildman–Crippen MR) is 127 cm³/mol. The molecule has 32 heavy (non-hydrogen) atoms. The molecule has 1 saturated heterocycles. The summed E-state index contributed by atoms with van der Waals surface area (Å²) in [6.07, 6.45) is 3.38. The third-order valence-electron chi connectivity index (χ3n) is 5.92. The largest absolute Gasteiger partial charge is 0.356 e. The predicted octanol–water partition coefficient (Wildman–Crippen LogP) is 3.02. The van der Waals surface area contributed by atoms with E-state index in [1.54, 1.807) is 12.1 Å². The summed E-state index contributed by atoms with van der Waals surface area (Å²) in [5.41, 5.74) is 3.25. The molecule has 3 rings (SSSR count). The lowest BCUT2D eigenvalue weighted by atomic mass is 10.2. The molecular formula is C23H35N7O2. The molecule has 9 nitrogen and oxygen atoms in total. The van der Waals surface area contributed by atoms with E-state index in [9.17, 15) is 10.1 Å². The fraction of sp³-hybridized carbons (Fsp3) is 0.565. The van der Waals surface area contributed by atoms with Gasteiger partial charge in [0, 0.05) is 43.5 Å². The first-order valence-corrected chi connectivity index (χ1v) is 11.5. The quantitative estimate of drug-likeness (QED) is 0.193. The van der Waals surface area contributed by atoms with Crippen LogP contribution in [0.4, 0.5) is 5.69 Å². The van der Waals surface area contributed by atoms with Crippen molar-refractivity contribution in [3.8, 4) is 0 Å². The van der Waals surface area contributed by atoms with Gasteiger partial charge in [0.05, 0.1) is 17.2 Å². The van der Waals surface area contributed by atoms with E-state index in [4.69, 9.17) is 4.99 Å². The van der Waals surface area contributed by atoms with Crippen molar-refractivity contribution in [1.82, 2.24) is 25.3 Å². The van der Waals surface area contributed by atoms with Crippen molar-refractivity contribution < 1.29 is 4.92 Å². The van der Waals surface area contributed by atoms with Crippen LogP contribution in [0.3, 0.4) is 0 Å². The van der Waals surface area contributed by atoms with Crippen molar-refractivity contribution in [3.05, 3.63) is 57.4 Å². The number of likely N-dealkylation sites (N-methyl/N-ethyl adjacent to an activating group) is 1. The van der Waals surface area contributed by atoms with Crippen LogP contribution in [0.1, 0.15) is 43.1 Å². The van der Waals surface area contributed by atoms with Gasteiger partial charge in [0.15, 0.2) is 5.96 Å². The van der Waals surface area contributed by atoms with Crippen LogP contribution in [-0.2, 0) is 13.1 Å². The lowest BCUT2D eigenvalue weighted by molar-refractivity contribution is -0.384. The number of nitrogens with zero attached hydrogens (tertiary/aromatic N) is 5. The third kappa shape index (κ3) is 6.78. The van der Waals surface area contributed by atoms with E-state index in [0.717, 1.165) is 56.4 Å². The highest BCUT2D eigenvalue weighted by molar-refractivity contribution is 5.79. The van der Waals surface area contributed by atoms with E-state index in [1.165, 1.54) is 30.7 Å². The molecule has 1 aromatic heterocycles. The fourth-order valence-corrected chi connectivity index (χ4v) is 4.16. The number of nitro groups is 1. The topological polar surface area (TPSA) is 101 Å². The molecule has 9 heteroatoms. The molecule has 1 aliphatic rings. The van der Waals surface area contributed by atoms with Crippen LogP contribution in [0.25, 0.3) is 0 Å². The van der Waals surface area contributed by atoms with Crippen LogP contribution < -0.4 is 10.6 Å². The molecule has 0 amide bonds. The minimum atomic E-state index is -0.383. The zero-order valence-electron chi connectivity index (χ0n) is 19.4. The van der Waals surface area contributed by atoms with Gasteiger partial charge in [0.25, 0.3) is 5.69 Å². The molecule has 0 radical (unpaired) electrons. The van der Waals surface area contributed by atoms with Crippen LogP contribution in [-0.4, -0.2) is 57.8 Å². The second-order valence-corrected chi connectivity index (χ2v) is 8.32. The molecule has 1 aromatic carbocycles. The van der Waals surface area contributed by atoms with Crippen molar-refractivity contribution in [2.24, 2.45) is 4.99 Å². The van der Waals surface area contributed by atoms with E-state index in [2.05, 4.69) is 40.5 Å². The van der Waals surface area contributed by atoms with Crippen LogP contribution in [0, 0.1) is 24.0 Å². The maximum Gasteiger partial charge on any atom is 0.269 e. The molecule has 174 valence electrons. The number of guanidine groups is 1. The molecule has 1 atom stereocenters. The highest BCUT2D eigenvalue weighted by Crippen LogP contribution is 2.16. The summed E-state index contributed by atoms with van der Waals surface area (Å²) >= 11 is 0. The van der Waals surface area contributed by atoms with Crippen LogP contribution in [0.5, 0.6) is 0 Å². The van der Waals surface area contributed by atoms with Gasteiger partial charge in [-0.2, -0.15) is 5.10 Å². The number of nitro benzene ring substituents is 1. The van der Waals surface area contributed by atoms with Gasteiger partial charge in [0.2, 0.25) is 0 Å². The zero-order chi connectivity index (χ0) is 22.9. The van der Waals surface area contributed by atoms with Crippen molar-refractivity contribution in [1.29, 1.82) is 0 Å². The summed E-state index contributed by atoms with van der Waals surface area (Å²) in [5.74, 6) is 0.777. The van der Waals surface area contributed by atoms with Gasteiger partial charge in [-0.3, -0.25) is 19.7 Å². The van der Waals surface area contributed by atoms with Crippen LogP contribution in [0.15, 0.2) is 35.3 Å². The van der Waals surface area contributed by atoms with E-state index in [1.807, 2.05) is 11.6 Å². The van der Waals surface area contributed by atoms with E-state index >= 15 is 0 Å². The van der Waals surface area contributed by atoms with Gasteiger partial charge in [0.1, 0.15) is 0 Å². The van der Waals surface area contributed by atoms with E-state index in [-0.39, 0.29) is 10.6 Å². The molecule has 1 fully saturated rings. The minimum absolute atomic E-state index is 0.0965. The number of aryl methyl sites for hydroxylation is 3. The SMILES string of the molecule is CCN1CCCC1CNC(=NCc1ccc([N+](=O)[O-])cc1)NCCCn1nc(C)cc1C. The summed E-state index contributed by atoms with van der Waals surface area (Å²) < 4.78 is 2.04. The average molecular weight is 442 g/mol. The Labute approximate surface area is 190 Å². The van der Waals surface area contributed by atoms with Crippen molar-refractivity contribution in [2.45, 2.75) is 59.2 Å². The van der Waals surface area contributed by atoms with Gasteiger partial charge in [-0.15, -0.1) is 0 Å². The number of nitrogens with one attached hydrogen (secondary N) is 2. The monoisotopic (exact) mass is 441 g/mol. The summed E-state index contributed by atoms with van der Waals surface area (Å²) in [6.45, 7) is 11.5. The maximum absolute atomic E-state index is 10.9. The number of hydrogen-bond donors (Lipinski definition) is 2. The summed E-state index contributed by atoms with van der Waals surface area (Å²) in [4.78, 5) is 17.7. The second kappa shape index (κ2) is 11.6. The molecule has 0 spiro atoms. The maximum atomic E-state index is 10.9. The lowest BCUT2D eigenvalue weighted by Crippen LogP contribution is -2.45. The van der Waals surface area contributed by atoms with Gasteiger partial charge in [-0.1, -0.05) is 19.1 Å². The van der Waals surface area contributed by atoms with Gasteiger partial charge >= 0.3 is 0 Å². The Morgan fingerprint density at radius 3 is 2.72 bits per heavy atom. The highest BCUT2D eigenvalue weighted by Gasteiger charge is 2.22. The molecule has 2 heterocycles. The van der Waals surface area contributed by atoms with E-state index < -0.39 is 0 Å². The summed E-state index contributed by atoms with van der Waals surface area (Å²) in [5, 5.41) is 22.3. The Hall–Kier alpha value is -2.94. The van der Waals surface area contributed by atoms with Crippen LogP contribution >= 0.6 is 0 Å². The van der Waals surface area contributed by atoms with E-state index in [0.29, 0.717) is 12.6 Å². The number of benzene rings is 1. The Balaban J connectivity index is 1.56.